The third-order valence-corrected chi connectivity index (χ3v) is 4.29. The van der Waals surface area contributed by atoms with E-state index in [9.17, 15) is 0 Å². The predicted molar refractivity (Wildman–Crippen MR) is 90.0 cm³/mol. The Morgan fingerprint density at radius 3 is 2.48 bits per heavy atom. The summed E-state index contributed by atoms with van der Waals surface area (Å²) >= 11 is 0. The Labute approximate surface area is 130 Å². The molecule has 0 fully saturated rings. The van der Waals surface area contributed by atoms with Gasteiger partial charge in [-0.3, -0.25) is 0 Å². The van der Waals surface area contributed by atoms with Gasteiger partial charge in [-0.2, -0.15) is 0 Å². The van der Waals surface area contributed by atoms with Crippen molar-refractivity contribution in [1.29, 1.82) is 0 Å². The van der Waals surface area contributed by atoms with Crippen LogP contribution in [-0.2, 0) is 6.42 Å². The zero-order valence-electron chi connectivity index (χ0n) is 13.6. The molecule has 1 unspecified atom stereocenters. The normalized spacial score (nSPS) is 16.7. The quantitative estimate of drug-likeness (QED) is 0.595. The zero-order valence-corrected chi connectivity index (χ0v) is 13.6. The molecule has 1 N–H and O–H groups in total. The topological polar surface area (TPSA) is 21.3 Å². The molecule has 0 bridgehead atoms. The van der Waals surface area contributed by atoms with Crippen LogP contribution in [0.3, 0.4) is 0 Å². The van der Waals surface area contributed by atoms with Gasteiger partial charge in [-0.25, -0.2) is 0 Å². The molecular weight excluding hydrogens is 258 g/mol. The standard InChI is InChI=1S/C19H31NO/c1-2-3-4-5-6-7-8-11-14-20-16-18-15-17-12-9-10-13-19(17)21-18/h9-10,12-13,18,20H,2-8,11,14-16H2,1H3. The van der Waals surface area contributed by atoms with E-state index < -0.39 is 0 Å². The highest BCUT2D eigenvalue weighted by Crippen LogP contribution is 2.27. The number of para-hydroxylation sites is 1. The summed E-state index contributed by atoms with van der Waals surface area (Å²) in [4.78, 5) is 0. The van der Waals surface area contributed by atoms with Gasteiger partial charge in [0.1, 0.15) is 11.9 Å². The van der Waals surface area contributed by atoms with Gasteiger partial charge >= 0.3 is 0 Å². The minimum Gasteiger partial charge on any atom is -0.488 e. The summed E-state index contributed by atoms with van der Waals surface area (Å²) in [5.41, 5.74) is 1.36. The van der Waals surface area contributed by atoms with Crippen molar-refractivity contribution in [3.8, 4) is 5.75 Å². The third-order valence-electron chi connectivity index (χ3n) is 4.29. The first kappa shape index (κ1) is 16.4. The van der Waals surface area contributed by atoms with Crippen LogP contribution in [0.4, 0.5) is 0 Å². The average molecular weight is 289 g/mol. The van der Waals surface area contributed by atoms with E-state index in [-0.39, 0.29) is 0 Å². The van der Waals surface area contributed by atoms with Crippen LogP contribution >= 0.6 is 0 Å². The molecule has 0 saturated carbocycles. The third kappa shape index (κ3) is 6.09. The van der Waals surface area contributed by atoms with Gasteiger partial charge in [-0.05, 0) is 24.6 Å². The summed E-state index contributed by atoms with van der Waals surface area (Å²) in [6, 6.07) is 8.40. The van der Waals surface area contributed by atoms with Gasteiger partial charge < -0.3 is 10.1 Å². The van der Waals surface area contributed by atoms with Gasteiger partial charge in [0, 0.05) is 13.0 Å². The fourth-order valence-corrected chi connectivity index (χ4v) is 3.01. The fraction of sp³-hybridized carbons (Fsp3) is 0.684. The Balaban J connectivity index is 1.41. The summed E-state index contributed by atoms with van der Waals surface area (Å²) in [6.07, 6.45) is 12.5. The molecule has 1 aromatic rings. The van der Waals surface area contributed by atoms with Crippen molar-refractivity contribution < 1.29 is 4.74 Å². The minimum atomic E-state index is 0.330. The van der Waals surface area contributed by atoms with Crippen LogP contribution in [0.1, 0.15) is 63.9 Å². The Morgan fingerprint density at radius 1 is 1.00 bits per heavy atom. The maximum absolute atomic E-state index is 5.93. The lowest BCUT2D eigenvalue weighted by Crippen LogP contribution is -2.30. The van der Waals surface area contributed by atoms with E-state index in [1.165, 1.54) is 56.9 Å². The van der Waals surface area contributed by atoms with Crippen molar-refractivity contribution in [2.75, 3.05) is 13.1 Å². The highest BCUT2D eigenvalue weighted by Gasteiger charge is 2.21. The van der Waals surface area contributed by atoms with E-state index in [1.54, 1.807) is 0 Å². The Bertz CT molecular complexity index is 366. The van der Waals surface area contributed by atoms with E-state index >= 15 is 0 Å². The molecular formula is C19H31NO. The van der Waals surface area contributed by atoms with Gasteiger partial charge in [0.05, 0.1) is 0 Å². The summed E-state index contributed by atoms with van der Waals surface area (Å²) in [5.74, 6) is 1.08. The van der Waals surface area contributed by atoms with E-state index in [1.807, 2.05) is 0 Å². The predicted octanol–water partition coefficient (Wildman–Crippen LogP) is 4.72. The first-order valence-corrected chi connectivity index (χ1v) is 8.85. The van der Waals surface area contributed by atoms with Crippen molar-refractivity contribution in [2.45, 2.75) is 70.8 Å². The zero-order chi connectivity index (χ0) is 14.8. The highest BCUT2D eigenvalue weighted by atomic mass is 16.5. The SMILES string of the molecule is CCCCCCCCCCNCC1Cc2ccccc2O1. The molecule has 2 rings (SSSR count). The molecule has 0 aromatic heterocycles. The number of hydrogen-bond acceptors (Lipinski definition) is 2. The second-order valence-electron chi connectivity index (χ2n) is 6.23. The molecule has 1 aliphatic heterocycles. The number of rotatable bonds is 11. The second-order valence-corrected chi connectivity index (χ2v) is 6.23. The highest BCUT2D eigenvalue weighted by molar-refractivity contribution is 5.37. The number of hydrogen-bond donors (Lipinski definition) is 1. The van der Waals surface area contributed by atoms with Crippen LogP contribution in [0.25, 0.3) is 0 Å². The van der Waals surface area contributed by atoms with E-state index in [0.717, 1.165) is 25.3 Å². The molecule has 1 aliphatic rings. The molecule has 0 amide bonds. The van der Waals surface area contributed by atoms with Crippen LogP contribution < -0.4 is 10.1 Å². The van der Waals surface area contributed by atoms with Crippen LogP contribution in [0, 0.1) is 0 Å². The Morgan fingerprint density at radius 2 is 1.71 bits per heavy atom. The summed E-state index contributed by atoms with van der Waals surface area (Å²) in [5, 5.41) is 3.55. The van der Waals surface area contributed by atoms with Crippen LogP contribution in [0.5, 0.6) is 5.75 Å². The summed E-state index contributed by atoms with van der Waals surface area (Å²) in [7, 11) is 0. The van der Waals surface area contributed by atoms with Crippen molar-refractivity contribution in [1.82, 2.24) is 5.32 Å². The first-order valence-electron chi connectivity index (χ1n) is 8.85. The molecule has 1 atom stereocenters. The number of ether oxygens (including phenoxy) is 1. The van der Waals surface area contributed by atoms with E-state index in [2.05, 4.69) is 36.5 Å². The number of benzene rings is 1. The van der Waals surface area contributed by atoms with Gasteiger partial charge in [-0.1, -0.05) is 70.1 Å². The number of fused-ring (bicyclic) bond motifs is 1. The van der Waals surface area contributed by atoms with Crippen LogP contribution in [0.15, 0.2) is 24.3 Å². The lowest BCUT2D eigenvalue weighted by atomic mass is 10.1. The molecule has 118 valence electrons. The second kappa shape index (κ2) is 9.83. The van der Waals surface area contributed by atoms with Gasteiger partial charge in [0.15, 0.2) is 0 Å². The lowest BCUT2D eigenvalue weighted by Gasteiger charge is -2.11. The molecule has 2 heteroatoms. The monoisotopic (exact) mass is 289 g/mol. The number of nitrogens with one attached hydrogen (secondary N) is 1. The summed E-state index contributed by atoms with van der Waals surface area (Å²) in [6.45, 7) is 4.38. The van der Waals surface area contributed by atoms with Crippen molar-refractivity contribution >= 4 is 0 Å². The average Bonchev–Trinajstić information content (AvgIpc) is 2.92. The Kier molecular flexibility index (Phi) is 7.66. The number of unbranched alkanes of at least 4 members (excludes halogenated alkanes) is 7. The summed E-state index contributed by atoms with van der Waals surface area (Å²) < 4.78 is 5.93. The minimum absolute atomic E-state index is 0.330. The lowest BCUT2D eigenvalue weighted by molar-refractivity contribution is 0.227. The fourth-order valence-electron chi connectivity index (χ4n) is 3.01. The molecule has 2 nitrogen and oxygen atoms in total. The molecule has 0 spiro atoms. The van der Waals surface area contributed by atoms with Gasteiger partial charge in [0.25, 0.3) is 0 Å². The van der Waals surface area contributed by atoms with E-state index in [0.29, 0.717) is 6.10 Å². The van der Waals surface area contributed by atoms with Crippen LogP contribution in [0.2, 0.25) is 0 Å². The molecule has 1 heterocycles. The largest absolute Gasteiger partial charge is 0.488 e. The van der Waals surface area contributed by atoms with Crippen molar-refractivity contribution in [2.24, 2.45) is 0 Å². The maximum atomic E-state index is 5.93. The molecule has 21 heavy (non-hydrogen) atoms. The van der Waals surface area contributed by atoms with Crippen molar-refractivity contribution in [3.05, 3.63) is 29.8 Å². The molecule has 1 aromatic carbocycles. The van der Waals surface area contributed by atoms with Crippen molar-refractivity contribution in [3.63, 3.8) is 0 Å². The molecule has 0 saturated heterocycles. The molecule has 0 radical (unpaired) electrons. The van der Waals surface area contributed by atoms with E-state index in [4.69, 9.17) is 4.74 Å². The van der Waals surface area contributed by atoms with Gasteiger partial charge in [0.2, 0.25) is 0 Å². The van der Waals surface area contributed by atoms with Crippen LogP contribution in [-0.4, -0.2) is 19.2 Å². The maximum Gasteiger partial charge on any atom is 0.123 e. The Hall–Kier alpha value is -1.02. The first-order chi connectivity index (χ1) is 10.4. The smallest absolute Gasteiger partial charge is 0.123 e. The molecule has 0 aliphatic carbocycles. The van der Waals surface area contributed by atoms with Gasteiger partial charge in [-0.15, -0.1) is 0 Å².